The molecule has 3 aliphatic heterocycles. The maximum atomic E-state index is 14.0. The topological polar surface area (TPSA) is 98.3 Å². The number of piperidine rings is 1. The number of anilines is 5. The minimum atomic E-state index is -0.294. The molecular formula is C34H43FN8O3. The summed E-state index contributed by atoms with van der Waals surface area (Å²) >= 11 is 0. The van der Waals surface area contributed by atoms with Crippen LogP contribution in [0.25, 0.3) is 0 Å². The summed E-state index contributed by atoms with van der Waals surface area (Å²) in [5.74, 6) is 1.07. The highest BCUT2D eigenvalue weighted by molar-refractivity contribution is 6.02. The van der Waals surface area contributed by atoms with E-state index < -0.39 is 0 Å². The van der Waals surface area contributed by atoms with Gasteiger partial charge in [0.15, 0.2) is 5.82 Å². The van der Waals surface area contributed by atoms with E-state index in [1.165, 1.54) is 31.0 Å². The third-order valence-corrected chi connectivity index (χ3v) is 9.29. The zero-order valence-corrected chi connectivity index (χ0v) is 26.8. The van der Waals surface area contributed by atoms with Crippen molar-refractivity contribution in [3.63, 3.8) is 0 Å². The van der Waals surface area contributed by atoms with Gasteiger partial charge >= 0.3 is 0 Å². The van der Waals surface area contributed by atoms with E-state index in [4.69, 9.17) is 9.57 Å². The lowest BCUT2D eigenvalue weighted by Gasteiger charge is -2.39. The molecule has 0 unspecified atom stereocenters. The van der Waals surface area contributed by atoms with Crippen LogP contribution in [0, 0.1) is 5.82 Å². The first-order chi connectivity index (χ1) is 22.3. The molecule has 0 radical (unpaired) electrons. The van der Waals surface area contributed by atoms with Crippen molar-refractivity contribution in [3.05, 3.63) is 72.8 Å². The largest absolute Gasteiger partial charge is 0.494 e. The van der Waals surface area contributed by atoms with Crippen molar-refractivity contribution >= 4 is 34.6 Å². The lowest BCUT2D eigenvalue weighted by Crippen LogP contribution is -2.45. The lowest BCUT2D eigenvalue weighted by atomic mass is 10.0. The van der Waals surface area contributed by atoms with Crippen molar-refractivity contribution in [2.45, 2.75) is 43.8 Å². The van der Waals surface area contributed by atoms with Gasteiger partial charge in [-0.3, -0.25) is 14.5 Å². The van der Waals surface area contributed by atoms with Gasteiger partial charge in [0.05, 0.1) is 36.8 Å². The highest BCUT2D eigenvalue weighted by Crippen LogP contribution is 2.41. The number of methoxy groups -OCH3 is 1. The maximum Gasteiger partial charge on any atom is 0.247 e. The van der Waals surface area contributed by atoms with E-state index in [0.717, 1.165) is 50.3 Å². The van der Waals surface area contributed by atoms with Gasteiger partial charge in [0.25, 0.3) is 0 Å². The molecule has 0 aliphatic carbocycles. The number of hydrogen-bond donors (Lipinski definition) is 2. The number of hydrogen-bond acceptors (Lipinski definition) is 10. The number of nitrogens with zero attached hydrogens (tertiary/aromatic N) is 6. The Morgan fingerprint density at radius 2 is 1.91 bits per heavy atom. The van der Waals surface area contributed by atoms with E-state index in [9.17, 15) is 9.18 Å². The number of amides is 1. The Balaban J connectivity index is 1.22. The van der Waals surface area contributed by atoms with Gasteiger partial charge in [-0.05, 0) is 63.2 Å². The summed E-state index contributed by atoms with van der Waals surface area (Å²) in [4.78, 5) is 34.6. The van der Waals surface area contributed by atoms with E-state index >= 15 is 0 Å². The minimum Gasteiger partial charge on any atom is -0.494 e. The highest BCUT2D eigenvalue weighted by Gasteiger charge is 2.33. The summed E-state index contributed by atoms with van der Waals surface area (Å²) in [7, 11) is 5.95. The molecule has 3 aliphatic rings. The van der Waals surface area contributed by atoms with Crippen LogP contribution in [0.5, 0.6) is 5.75 Å². The molecule has 12 heteroatoms. The Morgan fingerprint density at radius 3 is 2.63 bits per heavy atom. The third-order valence-electron chi connectivity index (χ3n) is 9.29. The molecule has 244 valence electrons. The molecule has 1 aromatic heterocycles. The van der Waals surface area contributed by atoms with Crippen LogP contribution in [0.4, 0.5) is 33.1 Å². The summed E-state index contributed by atoms with van der Waals surface area (Å²) in [6.07, 6.45) is 6.73. The summed E-state index contributed by atoms with van der Waals surface area (Å²) in [6, 6.07) is 13.1. The molecule has 2 aromatic carbocycles. The number of rotatable bonds is 10. The van der Waals surface area contributed by atoms with Crippen molar-refractivity contribution < 1.29 is 18.8 Å². The Hall–Kier alpha value is -4.26. The average molecular weight is 631 g/mol. The molecule has 3 saturated heterocycles. The van der Waals surface area contributed by atoms with Crippen molar-refractivity contribution in [1.29, 1.82) is 0 Å². The fourth-order valence-electron chi connectivity index (χ4n) is 6.76. The van der Waals surface area contributed by atoms with Gasteiger partial charge in [0, 0.05) is 56.8 Å². The number of likely N-dealkylation sites (N-methyl/N-ethyl adjacent to an activating group) is 1. The van der Waals surface area contributed by atoms with Gasteiger partial charge in [0.1, 0.15) is 23.7 Å². The Morgan fingerprint density at radius 1 is 1.09 bits per heavy atom. The van der Waals surface area contributed by atoms with Crippen LogP contribution >= 0.6 is 0 Å². The van der Waals surface area contributed by atoms with Crippen LogP contribution in [0.2, 0.25) is 0 Å². The molecule has 4 heterocycles. The summed E-state index contributed by atoms with van der Waals surface area (Å²) < 4.78 is 19.8. The molecule has 1 amide bonds. The van der Waals surface area contributed by atoms with E-state index in [2.05, 4.69) is 56.0 Å². The Bertz CT molecular complexity index is 1550. The molecular weight excluding hydrogens is 587 g/mol. The fourth-order valence-corrected chi connectivity index (χ4v) is 6.76. The number of ether oxygens (including phenoxy) is 1. The average Bonchev–Trinajstić information content (AvgIpc) is 3.77. The molecule has 3 fully saturated rings. The van der Waals surface area contributed by atoms with Crippen molar-refractivity contribution in [2.75, 3.05) is 74.6 Å². The van der Waals surface area contributed by atoms with Crippen LogP contribution in [0.1, 0.15) is 37.3 Å². The van der Waals surface area contributed by atoms with Gasteiger partial charge in [-0.1, -0.05) is 18.7 Å². The second-order valence-electron chi connectivity index (χ2n) is 12.3. The monoisotopic (exact) mass is 630 g/mol. The van der Waals surface area contributed by atoms with Gasteiger partial charge < -0.3 is 25.2 Å². The normalized spacial score (nSPS) is 20.7. The number of carbonyl (C=O) groups is 1. The van der Waals surface area contributed by atoms with E-state index in [1.54, 1.807) is 24.3 Å². The van der Waals surface area contributed by atoms with Crippen LogP contribution < -0.4 is 25.3 Å². The van der Waals surface area contributed by atoms with Gasteiger partial charge in [-0.15, -0.1) is 0 Å². The van der Waals surface area contributed by atoms with Crippen molar-refractivity contribution in [2.24, 2.45) is 0 Å². The predicted octanol–water partition coefficient (Wildman–Crippen LogP) is 4.98. The first-order valence-corrected chi connectivity index (χ1v) is 15.9. The minimum absolute atomic E-state index is 0.183. The number of nitrogens with one attached hydrogen (secondary N) is 2. The Kier molecular flexibility index (Phi) is 9.67. The number of aromatic nitrogens is 2. The number of likely N-dealkylation sites (tertiary alicyclic amines) is 1. The summed E-state index contributed by atoms with van der Waals surface area (Å²) in [5.41, 5.74) is 2.99. The van der Waals surface area contributed by atoms with Crippen molar-refractivity contribution in [3.8, 4) is 5.75 Å². The second kappa shape index (κ2) is 14.0. The van der Waals surface area contributed by atoms with Crippen LogP contribution in [-0.4, -0.2) is 91.7 Å². The number of carbonyl (C=O) groups excluding carboxylic acids is 1. The summed E-state index contributed by atoms with van der Waals surface area (Å²) in [6.45, 7) is 8.14. The maximum absolute atomic E-state index is 14.0. The molecule has 11 nitrogen and oxygen atoms in total. The SMILES string of the molecule is C=CC(=O)Nc1cc(Nc2cc(N3OCC[C@@H]3c3cccc(F)c3)ncn2)c(OC)cc1N1CCC(N2CC[C@H](N(C)C)C2)CC1. The number of benzene rings is 2. The first-order valence-electron chi connectivity index (χ1n) is 15.9. The van der Waals surface area contributed by atoms with E-state index in [-0.39, 0.29) is 17.8 Å². The smallest absolute Gasteiger partial charge is 0.247 e. The molecule has 2 atom stereocenters. The summed E-state index contributed by atoms with van der Waals surface area (Å²) in [5, 5.41) is 8.05. The number of halogens is 1. The molecule has 46 heavy (non-hydrogen) atoms. The van der Waals surface area contributed by atoms with E-state index in [0.29, 0.717) is 53.9 Å². The molecule has 0 saturated carbocycles. The molecule has 0 bridgehead atoms. The fraction of sp³-hybridized carbons (Fsp3) is 0.441. The van der Waals surface area contributed by atoms with Crippen molar-refractivity contribution in [1.82, 2.24) is 19.8 Å². The zero-order chi connectivity index (χ0) is 32.2. The highest BCUT2D eigenvalue weighted by atomic mass is 19.1. The molecule has 6 rings (SSSR count). The second-order valence-corrected chi connectivity index (χ2v) is 12.3. The quantitative estimate of drug-likeness (QED) is 0.299. The van der Waals surface area contributed by atoms with Crippen LogP contribution in [0.3, 0.4) is 0 Å². The first kappa shape index (κ1) is 31.7. The number of hydroxylamine groups is 1. The third kappa shape index (κ3) is 6.93. The van der Waals surface area contributed by atoms with E-state index in [1.807, 2.05) is 18.2 Å². The van der Waals surface area contributed by atoms with Gasteiger partial charge in [-0.25, -0.2) is 19.4 Å². The Labute approximate surface area is 269 Å². The predicted molar refractivity (Wildman–Crippen MR) is 178 cm³/mol. The lowest BCUT2D eigenvalue weighted by molar-refractivity contribution is -0.111. The molecule has 2 N–H and O–H groups in total. The van der Waals surface area contributed by atoms with Gasteiger partial charge in [0.2, 0.25) is 5.91 Å². The standard InChI is InChI=1S/C34H43FN8O3/c1-5-34(44)39-27-18-28(31(45-4)19-30(27)41-13-9-25(10-14-41)42-15-11-26(21-42)40(2)3)38-32-20-33(37-22-36-32)43-29(12-16-46-43)23-7-6-8-24(35)17-23/h5-8,17-20,22,25-26,29H,1,9-16,21H2,2-4H3,(H,39,44)(H,36,37,38)/t26-,29+/m0/s1. The van der Waals surface area contributed by atoms with Crippen LogP contribution in [0.15, 0.2) is 61.4 Å². The van der Waals surface area contributed by atoms with Crippen LogP contribution in [-0.2, 0) is 9.63 Å². The zero-order valence-electron chi connectivity index (χ0n) is 26.8. The van der Waals surface area contributed by atoms with Gasteiger partial charge in [-0.2, -0.15) is 0 Å². The molecule has 3 aromatic rings. The molecule has 0 spiro atoms.